The molecule has 0 N–H and O–H groups in total. The minimum absolute atomic E-state index is 0.0898. The molecule has 0 aromatic heterocycles. The molecule has 0 radical (unpaired) electrons. The number of nitrogens with zero attached hydrogens (tertiary/aromatic N) is 2. The molecule has 0 saturated carbocycles. The van der Waals surface area contributed by atoms with Gasteiger partial charge in [0.1, 0.15) is 0 Å². The first-order valence-corrected chi connectivity index (χ1v) is 14.2. The van der Waals surface area contributed by atoms with Gasteiger partial charge >= 0.3 is 0 Å². The number of ether oxygens (including phenoxy) is 4. The Morgan fingerprint density at radius 1 is 0.878 bits per heavy atom. The molecule has 3 aromatic rings. The maximum absolute atomic E-state index is 14.0. The third-order valence-corrected chi connectivity index (χ3v) is 7.18. The van der Waals surface area contributed by atoms with Gasteiger partial charge in [-0.3, -0.25) is 14.9 Å². The van der Waals surface area contributed by atoms with E-state index in [1.54, 1.807) is 4.90 Å². The van der Waals surface area contributed by atoms with Crippen LogP contribution in [-0.2, 0) is 12.8 Å². The van der Waals surface area contributed by atoms with Gasteiger partial charge in [-0.15, -0.1) is 0 Å². The van der Waals surface area contributed by atoms with Crippen LogP contribution in [0.15, 0.2) is 48.5 Å². The molecule has 10 heteroatoms. The highest BCUT2D eigenvalue weighted by Crippen LogP contribution is 2.42. The second kappa shape index (κ2) is 13.6. The molecule has 0 spiro atoms. The van der Waals surface area contributed by atoms with E-state index in [4.69, 9.17) is 30.5 Å². The Bertz CT molecular complexity index is 1410. The lowest BCUT2D eigenvalue weighted by molar-refractivity contribution is -0.384. The second-order valence-electron chi connectivity index (χ2n) is 9.40. The summed E-state index contributed by atoms with van der Waals surface area (Å²) in [6, 6.07) is 13.2. The van der Waals surface area contributed by atoms with Gasteiger partial charge in [0, 0.05) is 18.7 Å². The second-order valence-corrected chi connectivity index (χ2v) is 9.81. The van der Waals surface area contributed by atoms with Gasteiger partial charge in [0.25, 0.3) is 11.6 Å². The van der Waals surface area contributed by atoms with Crippen LogP contribution in [0.2, 0.25) is 5.02 Å². The number of non-ortho nitro benzene ring substituents is 1. The molecule has 4 rings (SSSR count). The van der Waals surface area contributed by atoms with Gasteiger partial charge in [-0.05, 0) is 87.6 Å². The lowest BCUT2D eigenvalue weighted by Crippen LogP contribution is -2.41. The maximum Gasteiger partial charge on any atom is 0.270 e. The Morgan fingerprint density at radius 3 is 2.12 bits per heavy atom. The quantitative estimate of drug-likeness (QED) is 0.170. The maximum atomic E-state index is 14.0. The number of nitro groups is 1. The SMILES string of the molecule is CCOc1ccc(C[C@@H]2c3cc(OCC)c(OCC)cc3CCN2C(=O)c2cc([N+](=O)[O-])ccc2Cl)cc1OCC. The number of hydrogen-bond donors (Lipinski definition) is 0. The average molecular weight is 583 g/mol. The van der Waals surface area contributed by atoms with Gasteiger partial charge in [-0.25, -0.2) is 0 Å². The van der Waals surface area contributed by atoms with Crippen LogP contribution in [0.1, 0.15) is 60.8 Å². The van der Waals surface area contributed by atoms with Crippen LogP contribution >= 0.6 is 11.6 Å². The lowest BCUT2D eigenvalue weighted by atomic mass is 9.87. The highest BCUT2D eigenvalue weighted by atomic mass is 35.5. The van der Waals surface area contributed by atoms with Crippen molar-refractivity contribution in [1.82, 2.24) is 4.90 Å². The Kier molecular flexibility index (Phi) is 9.94. The zero-order valence-electron chi connectivity index (χ0n) is 23.8. The Labute approximate surface area is 245 Å². The summed E-state index contributed by atoms with van der Waals surface area (Å²) >= 11 is 6.41. The minimum Gasteiger partial charge on any atom is -0.490 e. The predicted molar refractivity (Wildman–Crippen MR) is 157 cm³/mol. The van der Waals surface area contributed by atoms with Crippen molar-refractivity contribution in [2.75, 3.05) is 33.0 Å². The van der Waals surface area contributed by atoms with E-state index in [2.05, 4.69) is 0 Å². The summed E-state index contributed by atoms with van der Waals surface area (Å²) in [6.45, 7) is 9.96. The normalized spacial score (nSPS) is 14.3. The molecule has 0 unspecified atom stereocenters. The lowest BCUT2D eigenvalue weighted by Gasteiger charge is -2.38. The van der Waals surface area contributed by atoms with Crippen LogP contribution in [0.5, 0.6) is 23.0 Å². The third-order valence-electron chi connectivity index (χ3n) is 6.85. The number of rotatable bonds is 12. The Balaban J connectivity index is 1.82. The molecule has 41 heavy (non-hydrogen) atoms. The first-order valence-electron chi connectivity index (χ1n) is 13.9. The van der Waals surface area contributed by atoms with E-state index in [9.17, 15) is 14.9 Å². The summed E-state index contributed by atoms with van der Waals surface area (Å²) in [5, 5.41) is 11.6. The number of halogens is 1. The number of carbonyl (C=O) groups excluding carboxylic acids is 1. The zero-order valence-corrected chi connectivity index (χ0v) is 24.5. The van der Waals surface area contributed by atoms with E-state index in [0.717, 1.165) is 16.7 Å². The molecule has 218 valence electrons. The number of carbonyl (C=O) groups is 1. The van der Waals surface area contributed by atoms with E-state index in [1.165, 1.54) is 18.2 Å². The fraction of sp³-hybridized carbons (Fsp3) is 0.387. The van der Waals surface area contributed by atoms with Crippen LogP contribution in [-0.4, -0.2) is 48.7 Å². The van der Waals surface area contributed by atoms with Gasteiger partial charge in [-0.2, -0.15) is 0 Å². The monoisotopic (exact) mass is 582 g/mol. The molecule has 1 aliphatic rings. The van der Waals surface area contributed by atoms with Crippen LogP contribution in [0.25, 0.3) is 0 Å². The van der Waals surface area contributed by atoms with Crippen LogP contribution in [0.3, 0.4) is 0 Å². The van der Waals surface area contributed by atoms with Crippen molar-refractivity contribution >= 4 is 23.2 Å². The first-order chi connectivity index (χ1) is 19.8. The molecule has 3 aromatic carbocycles. The van der Waals surface area contributed by atoms with E-state index in [0.29, 0.717) is 68.8 Å². The van der Waals surface area contributed by atoms with E-state index in [1.807, 2.05) is 58.0 Å². The standard InChI is InChI=1S/C31H35ClN2O7/c1-5-38-27-12-9-20(16-28(27)39-6-2)15-26-23-19-30(41-8-4)29(40-7-3)17-21(23)13-14-33(26)31(35)24-18-22(34(36)37)10-11-25(24)32/h9-12,16-19,26H,5-8,13-15H2,1-4H3/t26-/m1/s1. The molecule has 1 aliphatic heterocycles. The van der Waals surface area contributed by atoms with Gasteiger partial charge in [0.15, 0.2) is 23.0 Å². The van der Waals surface area contributed by atoms with Crippen molar-refractivity contribution in [2.45, 2.75) is 46.6 Å². The van der Waals surface area contributed by atoms with Gasteiger partial charge in [0.2, 0.25) is 0 Å². The molecule has 1 amide bonds. The number of nitro benzene ring substituents is 1. The topological polar surface area (TPSA) is 100 Å². The molecule has 0 fully saturated rings. The largest absolute Gasteiger partial charge is 0.490 e. The summed E-state index contributed by atoms with van der Waals surface area (Å²) < 4.78 is 23.4. The summed E-state index contributed by atoms with van der Waals surface area (Å²) in [5.41, 5.74) is 2.80. The molecular weight excluding hydrogens is 548 g/mol. The fourth-order valence-corrected chi connectivity index (χ4v) is 5.30. The molecule has 0 aliphatic carbocycles. The number of fused-ring (bicyclic) bond motifs is 1. The van der Waals surface area contributed by atoms with Crippen LogP contribution in [0.4, 0.5) is 5.69 Å². The molecular formula is C31H35ClN2O7. The minimum atomic E-state index is -0.533. The van der Waals surface area contributed by atoms with Gasteiger partial charge in [0.05, 0.1) is 48.0 Å². The highest BCUT2D eigenvalue weighted by Gasteiger charge is 2.34. The molecule has 9 nitrogen and oxygen atoms in total. The predicted octanol–water partition coefficient (Wildman–Crippen LogP) is 6.83. The number of benzene rings is 3. The molecule has 1 heterocycles. The first kappa shape index (κ1) is 30.0. The smallest absolute Gasteiger partial charge is 0.270 e. The number of hydrogen-bond acceptors (Lipinski definition) is 7. The highest BCUT2D eigenvalue weighted by molar-refractivity contribution is 6.34. The Morgan fingerprint density at radius 2 is 1.49 bits per heavy atom. The van der Waals surface area contributed by atoms with Crippen LogP contribution in [0, 0.1) is 10.1 Å². The molecule has 0 bridgehead atoms. The number of amides is 1. The molecule has 0 saturated heterocycles. The summed E-state index contributed by atoms with van der Waals surface area (Å²) in [7, 11) is 0. The van der Waals surface area contributed by atoms with E-state index in [-0.39, 0.29) is 22.2 Å². The van der Waals surface area contributed by atoms with Crippen molar-refractivity contribution in [3.05, 3.63) is 85.9 Å². The molecule has 1 atom stereocenters. The third kappa shape index (κ3) is 6.68. The van der Waals surface area contributed by atoms with Gasteiger partial charge in [-0.1, -0.05) is 17.7 Å². The average Bonchev–Trinajstić information content (AvgIpc) is 2.95. The van der Waals surface area contributed by atoms with E-state index < -0.39 is 11.0 Å². The van der Waals surface area contributed by atoms with Crippen molar-refractivity contribution in [3.63, 3.8) is 0 Å². The van der Waals surface area contributed by atoms with Crippen molar-refractivity contribution in [3.8, 4) is 23.0 Å². The fourth-order valence-electron chi connectivity index (χ4n) is 5.10. The summed E-state index contributed by atoms with van der Waals surface area (Å²) in [6.07, 6.45) is 1.03. The Hall–Kier alpha value is -3.98. The zero-order chi connectivity index (χ0) is 29.5. The van der Waals surface area contributed by atoms with E-state index >= 15 is 0 Å². The van der Waals surface area contributed by atoms with Crippen molar-refractivity contribution in [2.24, 2.45) is 0 Å². The summed E-state index contributed by atoms with van der Waals surface area (Å²) in [4.78, 5) is 26.7. The summed E-state index contributed by atoms with van der Waals surface area (Å²) in [5.74, 6) is 2.16. The van der Waals surface area contributed by atoms with Crippen molar-refractivity contribution < 1.29 is 28.7 Å². The van der Waals surface area contributed by atoms with Crippen molar-refractivity contribution in [1.29, 1.82) is 0 Å². The van der Waals surface area contributed by atoms with Gasteiger partial charge < -0.3 is 23.8 Å². The van der Waals surface area contributed by atoms with Crippen LogP contribution < -0.4 is 18.9 Å².